The van der Waals surface area contributed by atoms with E-state index in [9.17, 15) is 9.59 Å². The highest BCUT2D eigenvalue weighted by molar-refractivity contribution is 5.75. The van der Waals surface area contributed by atoms with Gasteiger partial charge in [0.2, 0.25) is 5.88 Å². The van der Waals surface area contributed by atoms with Gasteiger partial charge < -0.3 is 9.72 Å². The number of aromatic nitrogens is 5. The summed E-state index contributed by atoms with van der Waals surface area (Å²) in [4.78, 5) is 36.3. The maximum atomic E-state index is 12.4. The summed E-state index contributed by atoms with van der Waals surface area (Å²) in [5.41, 5.74) is 0.861. The molecule has 0 fully saturated rings. The van der Waals surface area contributed by atoms with E-state index >= 15 is 0 Å². The van der Waals surface area contributed by atoms with Gasteiger partial charge in [0.05, 0.1) is 7.11 Å². The number of hydrogen-bond acceptors (Lipinski definition) is 5. The number of nitrogens with zero attached hydrogens (tertiary/aromatic N) is 4. The Morgan fingerprint density at radius 1 is 1.16 bits per heavy atom. The first-order valence-electron chi connectivity index (χ1n) is 8.00. The van der Waals surface area contributed by atoms with Crippen molar-refractivity contribution in [1.29, 1.82) is 0 Å². The molecule has 0 spiro atoms. The Bertz CT molecular complexity index is 1040. The first kappa shape index (κ1) is 16.7. The molecular formula is C17H19N5O3. The van der Waals surface area contributed by atoms with Gasteiger partial charge in [0.1, 0.15) is 11.3 Å². The van der Waals surface area contributed by atoms with Crippen molar-refractivity contribution in [2.24, 2.45) is 0 Å². The summed E-state index contributed by atoms with van der Waals surface area (Å²) in [6.07, 6.45) is 5.23. The van der Waals surface area contributed by atoms with Crippen molar-refractivity contribution in [2.75, 3.05) is 7.11 Å². The molecule has 0 aliphatic carbocycles. The molecule has 0 radical (unpaired) electrons. The number of aryl methyl sites for hydroxylation is 1. The fourth-order valence-electron chi connectivity index (χ4n) is 2.61. The number of hydrogen-bond donors (Lipinski definition) is 1. The summed E-state index contributed by atoms with van der Waals surface area (Å²) >= 11 is 0. The molecule has 0 aliphatic rings. The van der Waals surface area contributed by atoms with Crippen molar-refractivity contribution in [2.45, 2.75) is 26.9 Å². The highest BCUT2D eigenvalue weighted by Gasteiger charge is 2.14. The van der Waals surface area contributed by atoms with Crippen LogP contribution in [0.1, 0.15) is 25.2 Å². The Hall–Kier alpha value is -3.16. The van der Waals surface area contributed by atoms with Crippen molar-refractivity contribution in [3.8, 4) is 5.88 Å². The zero-order valence-corrected chi connectivity index (χ0v) is 14.3. The monoisotopic (exact) mass is 341 g/mol. The number of methoxy groups -OCH3 is 1. The topological polar surface area (TPSA) is 94.8 Å². The molecule has 3 aromatic heterocycles. The zero-order chi connectivity index (χ0) is 18.0. The Balaban J connectivity index is 2.06. The number of aromatic amines is 1. The summed E-state index contributed by atoms with van der Waals surface area (Å²) in [6, 6.07) is 3.62. The van der Waals surface area contributed by atoms with E-state index in [-0.39, 0.29) is 11.2 Å². The zero-order valence-electron chi connectivity index (χ0n) is 14.3. The van der Waals surface area contributed by atoms with Crippen LogP contribution in [0, 0.1) is 0 Å². The molecule has 0 saturated heterocycles. The van der Waals surface area contributed by atoms with Crippen LogP contribution in [0.5, 0.6) is 5.88 Å². The third-order valence-corrected chi connectivity index (χ3v) is 3.91. The molecule has 3 rings (SSSR count). The van der Waals surface area contributed by atoms with Gasteiger partial charge in [-0.15, -0.1) is 0 Å². The number of H-pyrrole nitrogens is 1. The fourth-order valence-corrected chi connectivity index (χ4v) is 2.61. The standard InChI is InChI=1S/C17H19N5O3/c1-4-21-15-14(16(23)22(5-2)17(21)24)19-12(20-15)8-6-11-7-9-13(25-3)18-10-11/h6-10H,4-5H2,1-3H3,(H,19,20). The maximum Gasteiger partial charge on any atom is 0.332 e. The van der Waals surface area contributed by atoms with E-state index in [1.165, 1.54) is 9.13 Å². The van der Waals surface area contributed by atoms with Crippen molar-refractivity contribution < 1.29 is 4.74 Å². The van der Waals surface area contributed by atoms with E-state index < -0.39 is 0 Å². The van der Waals surface area contributed by atoms with Crippen LogP contribution < -0.4 is 16.0 Å². The van der Waals surface area contributed by atoms with Gasteiger partial charge in [0, 0.05) is 25.4 Å². The van der Waals surface area contributed by atoms with E-state index in [0.29, 0.717) is 36.0 Å². The molecule has 0 aliphatic heterocycles. The molecular weight excluding hydrogens is 322 g/mol. The molecule has 130 valence electrons. The lowest BCUT2D eigenvalue weighted by Crippen LogP contribution is -2.39. The second-order valence-corrected chi connectivity index (χ2v) is 5.36. The third kappa shape index (κ3) is 2.98. The first-order valence-corrected chi connectivity index (χ1v) is 8.00. The lowest BCUT2D eigenvalue weighted by molar-refractivity contribution is 0.398. The van der Waals surface area contributed by atoms with Crippen molar-refractivity contribution >= 4 is 23.3 Å². The summed E-state index contributed by atoms with van der Waals surface area (Å²) in [6.45, 7) is 4.36. The number of fused-ring (bicyclic) bond motifs is 1. The van der Waals surface area contributed by atoms with E-state index in [2.05, 4.69) is 15.0 Å². The largest absolute Gasteiger partial charge is 0.481 e. The number of rotatable bonds is 5. The van der Waals surface area contributed by atoms with Gasteiger partial charge in [-0.25, -0.2) is 14.8 Å². The third-order valence-electron chi connectivity index (χ3n) is 3.91. The van der Waals surface area contributed by atoms with E-state index in [0.717, 1.165) is 5.56 Å². The summed E-state index contributed by atoms with van der Waals surface area (Å²) < 4.78 is 7.71. The molecule has 0 aromatic carbocycles. The average molecular weight is 341 g/mol. The minimum atomic E-state index is -0.356. The van der Waals surface area contributed by atoms with E-state index in [4.69, 9.17) is 4.74 Å². The van der Waals surface area contributed by atoms with Crippen molar-refractivity contribution in [1.82, 2.24) is 24.1 Å². The molecule has 3 heterocycles. The quantitative estimate of drug-likeness (QED) is 0.759. The fraction of sp³-hybridized carbons (Fsp3) is 0.294. The second-order valence-electron chi connectivity index (χ2n) is 5.36. The molecule has 0 amide bonds. The second kappa shape index (κ2) is 6.76. The molecule has 3 aromatic rings. The molecule has 0 bridgehead atoms. The minimum absolute atomic E-state index is 0.315. The summed E-state index contributed by atoms with van der Waals surface area (Å²) in [5.74, 6) is 1.03. The number of ether oxygens (including phenoxy) is 1. The predicted molar refractivity (Wildman–Crippen MR) is 95.7 cm³/mol. The Morgan fingerprint density at radius 3 is 2.52 bits per heavy atom. The molecule has 0 atom stereocenters. The number of nitrogens with one attached hydrogen (secondary N) is 1. The summed E-state index contributed by atoms with van der Waals surface area (Å²) in [5, 5.41) is 0. The molecule has 8 heteroatoms. The van der Waals surface area contributed by atoms with Gasteiger partial charge in [0.25, 0.3) is 5.56 Å². The lowest BCUT2D eigenvalue weighted by Gasteiger charge is -2.06. The normalized spacial score (nSPS) is 11.5. The van der Waals surface area contributed by atoms with Crippen LogP contribution >= 0.6 is 0 Å². The first-order chi connectivity index (χ1) is 12.1. The van der Waals surface area contributed by atoms with Gasteiger partial charge in [-0.3, -0.25) is 13.9 Å². The van der Waals surface area contributed by atoms with E-state index in [1.54, 1.807) is 32.4 Å². The van der Waals surface area contributed by atoms with Crippen molar-refractivity contribution in [3.63, 3.8) is 0 Å². The average Bonchev–Trinajstić information content (AvgIpc) is 3.05. The highest BCUT2D eigenvalue weighted by atomic mass is 16.5. The molecule has 1 N–H and O–H groups in total. The van der Waals surface area contributed by atoms with Crippen LogP contribution in [0.4, 0.5) is 0 Å². The van der Waals surface area contributed by atoms with Crippen LogP contribution in [0.3, 0.4) is 0 Å². The number of pyridine rings is 1. The van der Waals surface area contributed by atoms with Crippen molar-refractivity contribution in [3.05, 3.63) is 50.6 Å². The van der Waals surface area contributed by atoms with Crippen LogP contribution in [-0.2, 0) is 13.1 Å². The van der Waals surface area contributed by atoms with E-state index in [1.807, 2.05) is 19.1 Å². The van der Waals surface area contributed by atoms with Crippen LogP contribution in [0.2, 0.25) is 0 Å². The van der Waals surface area contributed by atoms with Gasteiger partial charge in [-0.1, -0.05) is 0 Å². The lowest BCUT2D eigenvalue weighted by atomic mass is 10.2. The molecule has 0 unspecified atom stereocenters. The Labute approximate surface area is 143 Å². The summed E-state index contributed by atoms with van der Waals surface area (Å²) in [7, 11) is 1.56. The van der Waals surface area contributed by atoms with Gasteiger partial charge in [-0.2, -0.15) is 0 Å². The smallest absolute Gasteiger partial charge is 0.332 e. The Kier molecular flexibility index (Phi) is 4.51. The number of imidazole rings is 1. The SMILES string of the molecule is CCn1c(=O)c2[nH]c(C=Cc3ccc(OC)nc3)nc2n(CC)c1=O. The minimum Gasteiger partial charge on any atom is -0.481 e. The predicted octanol–water partition coefficient (Wildman–Crippen LogP) is 1.50. The molecule has 25 heavy (non-hydrogen) atoms. The highest BCUT2D eigenvalue weighted by Crippen LogP contribution is 2.11. The maximum absolute atomic E-state index is 12.4. The Morgan fingerprint density at radius 2 is 1.92 bits per heavy atom. The van der Waals surface area contributed by atoms with Gasteiger partial charge in [-0.05, 0) is 37.6 Å². The van der Waals surface area contributed by atoms with Gasteiger partial charge >= 0.3 is 5.69 Å². The van der Waals surface area contributed by atoms with Crippen LogP contribution in [0.25, 0.3) is 23.3 Å². The van der Waals surface area contributed by atoms with Gasteiger partial charge in [0.15, 0.2) is 5.65 Å². The molecule has 8 nitrogen and oxygen atoms in total. The molecule has 0 saturated carbocycles. The van der Waals surface area contributed by atoms with Crippen LogP contribution in [0.15, 0.2) is 27.9 Å². The van der Waals surface area contributed by atoms with Crippen LogP contribution in [-0.4, -0.2) is 31.2 Å².